The number of rotatable bonds is 9. The summed E-state index contributed by atoms with van der Waals surface area (Å²) in [5.41, 5.74) is 1.13. The van der Waals surface area contributed by atoms with Crippen molar-refractivity contribution in [2.24, 2.45) is 5.92 Å². The molecule has 0 radical (unpaired) electrons. The third-order valence-corrected chi connectivity index (χ3v) is 3.52. The van der Waals surface area contributed by atoms with E-state index in [0.717, 1.165) is 42.0 Å². The topological polar surface area (TPSA) is 26.3 Å². The molecule has 22 heavy (non-hydrogen) atoms. The normalized spacial score (nSPS) is 10.1. The number of carbonyl (C=O) groups excluding carboxylic acids is 1. The Morgan fingerprint density at radius 2 is 1.86 bits per heavy atom. The summed E-state index contributed by atoms with van der Waals surface area (Å²) in [6.07, 6.45) is 4.71. The van der Waals surface area contributed by atoms with Crippen molar-refractivity contribution >= 4 is 17.4 Å². The van der Waals surface area contributed by atoms with Crippen LogP contribution in [0, 0.1) is 5.92 Å². The van der Waals surface area contributed by atoms with E-state index >= 15 is 0 Å². The van der Waals surface area contributed by atoms with Gasteiger partial charge < -0.3 is 9.53 Å². The van der Waals surface area contributed by atoms with E-state index in [1.165, 1.54) is 0 Å². The fourth-order valence-corrected chi connectivity index (χ4v) is 2.26. The van der Waals surface area contributed by atoms with Crippen LogP contribution in [-0.2, 0) is 11.2 Å². The number of halogens is 1. The molecule has 1 aromatic carbocycles. The smallest absolute Gasteiger partial charge is 0.138 e. The summed E-state index contributed by atoms with van der Waals surface area (Å²) in [7, 11) is 0. The lowest BCUT2D eigenvalue weighted by Gasteiger charge is -2.12. The van der Waals surface area contributed by atoms with Crippen molar-refractivity contribution in [1.29, 1.82) is 0 Å². The average Bonchev–Trinajstić information content (AvgIpc) is 2.49. The van der Waals surface area contributed by atoms with E-state index in [4.69, 9.17) is 16.3 Å². The zero-order valence-corrected chi connectivity index (χ0v) is 15.5. The largest absolute Gasteiger partial charge is 0.492 e. The van der Waals surface area contributed by atoms with Crippen molar-refractivity contribution in [2.45, 2.75) is 66.7 Å². The van der Waals surface area contributed by atoms with Gasteiger partial charge in [-0.3, -0.25) is 0 Å². The first-order valence-electron chi connectivity index (χ1n) is 8.40. The quantitative estimate of drug-likeness (QED) is 0.513. The minimum Gasteiger partial charge on any atom is -0.492 e. The van der Waals surface area contributed by atoms with Crippen LogP contribution >= 0.6 is 11.6 Å². The van der Waals surface area contributed by atoms with Gasteiger partial charge in [0.25, 0.3) is 0 Å². The summed E-state index contributed by atoms with van der Waals surface area (Å²) in [6, 6.07) is 5.96. The fourth-order valence-electron chi connectivity index (χ4n) is 1.98. The van der Waals surface area contributed by atoms with Gasteiger partial charge in [-0.25, -0.2) is 0 Å². The van der Waals surface area contributed by atoms with Crippen LogP contribution in [0.2, 0.25) is 5.02 Å². The second-order valence-corrected chi connectivity index (χ2v) is 6.07. The number of benzene rings is 1. The van der Waals surface area contributed by atoms with Crippen molar-refractivity contribution in [3.63, 3.8) is 0 Å². The highest BCUT2D eigenvalue weighted by atomic mass is 35.5. The molecular weight excluding hydrogens is 296 g/mol. The first-order chi connectivity index (χ1) is 10.5. The molecule has 0 amide bonds. The molecule has 0 spiro atoms. The zero-order valence-electron chi connectivity index (χ0n) is 14.7. The Bertz CT molecular complexity index is 427. The second kappa shape index (κ2) is 12.5. The van der Waals surface area contributed by atoms with Gasteiger partial charge in [0.2, 0.25) is 0 Å². The predicted molar refractivity (Wildman–Crippen MR) is 96.0 cm³/mol. The number of ketones is 1. The van der Waals surface area contributed by atoms with Gasteiger partial charge in [0.05, 0.1) is 11.6 Å². The number of hydrogen-bond donors (Lipinski definition) is 0. The minimum atomic E-state index is 0.270. The molecule has 1 aromatic rings. The molecule has 0 aromatic heterocycles. The summed E-state index contributed by atoms with van der Waals surface area (Å²) < 4.78 is 5.72. The number of ether oxygens (including phenoxy) is 1. The van der Waals surface area contributed by atoms with Crippen molar-refractivity contribution < 1.29 is 9.53 Å². The predicted octanol–water partition coefficient (Wildman–Crippen LogP) is 6.09. The van der Waals surface area contributed by atoms with E-state index in [1.54, 1.807) is 6.92 Å². The summed E-state index contributed by atoms with van der Waals surface area (Å²) in [5, 5.41) is 0.736. The zero-order chi connectivity index (χ0) is 17.0. The van der Waals surface area contributed by atoms with Crippen LogP contribution in [0.25, 0.3) is 0 Å². The van der Waals surface area contributed by atoms with Gasteiger partial charge in [-0.15, -0.1) is 0 Å². The third-order valence-electron chi connectivity index (χ3n) is 3.09. The molecule has 0 atom stereocenters. The van der Waals surface area contributed by atoms with E-state index in [2.05, 4.69) is 19.9 Å². The average molecular weight is 327 g/mol. The molecule has 126 valence electrons. The molecule has 0 saturated heterocycles. The summed E-state index contributed by atoms with van der Waals surface area (Å²) in [4.78, 5) is 10.9. The Labute approximate surface area is 141 Å². The molecule has 0 aliphatic heterocycles. The molecule has 0 unspecified atom stereocenters. The maximum Gasteiger partial charge on any atom is 0.138 e. The van der Waals surface area contributed by atoms with Crippen LogP contribution in [0.1, 0.15) is 65.9 Å². The summed E-state index contributed by atoms with van der Waals surface area (Å²) in [6.45, 7) is 10.6. The van der Waals surface area contributed by atoms with Gasteiger partial charge in [-0.1, -0.05) is 57.8 Å². The SMILES string of the molecule is CC.CC(=O)CCCCCc1cccc(OCC(C)C)c1Cl. The monoisotopic (exact) mass is 326 g/mol. The highest BCUT2D eigenvalue weighted by molar-refractivity contribution is 6.32. The number of Topliss-reactive ketones (excluding diaryl/α,β-unsaturated/α-hetero) is 1. The maximum atomic E-state index is 10.9. The number of unbranched alkanes of at least 4 members (excludes halogenated alkanes) is 2. The van der Waals surface area contributed by atoms with Gasteiger partial charge in [0.1, 0.15) is 11.5 Å². The lowest BCUT2D eigenvalue weighted by atomic mass is 10.0. The molecule has 1 rings (SSSR count). The van der Waals surface area contributed by atoms with Gasteiger partial charge in [0, 0.05) is 6.42 Å². The molecule has 0 saturated carbocycles. The molecule has 2 nitrogen and oxygen atoms in total. The highest BCUT2D eigenvalue weighted by Gasteiger charge is 2.08. The van der Waals surface area contributed by atoms with Crippen molar-refractivity contribution in [1.82, 2.24) is 0 Å². The minimum absolute atomic E-state index is 0.270. The van der Waals surface area contributed by atoms with Crippen molar-refractivity contribution in [3.05, 3.63) is 28.8 Å². The van der Waals surface area contributed by atoms with Crippen LogP contribution in [0.4, 0.5) is 0 Å². The molecule has 3 heteroatoms. The van der Waals surface area contributed by atoms with E-state index in [0.29, 0.717) is 18.9 Å². The number of carbonyl (C=O) groups is 1. The van der Waals surface area contributed by atoms with Crippen LogP contribution in [0.15, 0.2) is 18.2 Å². The molecule has 0 heterocycles. The molecule has 0 N–H and O–H groups in total. The lowest BCUT2D eigenvalue weighted by Crippen LogP contribution is -2.05. The Balaban J connectivity index is 0.00000211. The summed E-state index contributed by atoms with van der Waals surface area (Å²) >= 11 is 6.38. The van der Waals surface area contributed by atoms with Gasteiger partial charge >= 0.3 is 0 Å². The molecule has 0 bridgehead atoms. The first-order valence-corrected chi connectivity index (χ1v) is 8.78. The standard InChI is InChI=1S/C17H25ClO2.C2H6/c1-13(2)12-20-16-11-7-10-15(17(16)18)9-6-4-5-8-14(3)19;1-2/h7,10-11,13H,4-6,8-9,12H2,1-3H3;1-2H3. The Kier molecular flexibility index (Phi) is 11.9. The highest BCUT2D eigenvalue weighted by Crippen LogP contribution is 2.29. The van der Waals surface area contributed by atoms with Crippen LogP contribution in [0.3, 0.4) is 0 Å². The maximum absolute atomic E-state index is 10.9. The molecular formula is C19H31ClO2. The first kappa shape index (κ1) is 21.0. The lowest BCUT2D eigenvalue weighted by molar-refractivity contribution is -0.117. The Hall–Kier alpha value is -1.02. The van der Waals surface area contributed by atoms with Crippen LogP contribution < -0.4 is 4.74 Å². The van der Waals surface area contributed by atoms with Gasteiger partial charge in [-0.05, 0) is 43.7 Å². The third kappa shape index (κ3) is 9.09. The van der Waals surface area contributed by atoms with Crippen molar-refractivity contribution in [2.75, 3.05) is 6.61 Å². The van der Waals surface area contributed by atoms with Crippen molar-refractivity contribution in [3.8, 4) is 5.75 Å². The molecule has 0 fully saturated rings. The summed E-state index contributed by atoms with van der Waals surface area (Å²) in [5.74, 6) is 1.54. The molecule has 0 aliphatic carbocycles. The van der Waals surface area contributed by atoms with E-state index < -0.39 is 0 Å². The van der Waals surface area contributed by atoms with Gasteiger partial charge in [-0.2, -0.15) is 0 Å². The fraction of sp³-hybridized carbons (Fsp3) is 0.632. The Morgan fingerprint density at radius 1 is 1.18 bits per heavy atom. The van der Waals surface area contributed by atoms with E-state index in [1.807, 2.05) is 26.0 Å². The van der Waals surface area contributed by atoms with Crippen LogP contribution in [-0.4, -0.2) is 12.4 Å². The number of aryl methyl sites for hydroxylation is 1. The van der Waals surface area contributed by atoms with Gasteiger partial charge in [0.15, 0.2) is 0 Å². The Morgan fingerprint density at radius 3 is 2.45 bits per heavy atom. The molecule has 0 aliphatic rings. The number of hydrogen-bond acceptors (Lipinski definition) is 2. The second-order valence-electron chi connectivity index (χ2n) is 5.70. The van der Waals surface area contributed by atoms with Crippen LogP contribution in [0.5, 0.6) is 5.75 Å². The van der Waals surface area contributed by atoms with E-state index in [9.17, 15) is 4.79 Å². The van der Waals surface area contributed by atoms with E-state index in [-0.39, 0.29) is 5.78 Å².